The van der Waals surface area contributed by atoms with E-state index < -0.39 is 6.10 Å². The van der Waals surface area contributed by atoms with E-state index in [1.165, 1.54) is 0 Å². The van der Waals surface area contributed by atoms with Crippen molar-refractivity contribution in [1.82, 2.24) is 0 Å². The van der Waals surface area contributed by atoms with Crippen molar-refractivity contribution in [1.29, 1.82) is 0 Å². The quantitative estimate of drug-likeness (QED) is 0.865. The maximum Gasteiger partial charge on any atom is 0.0831 e. The molecule has 1 N–H and O–H groups in total. The molecule has 2 aromatic rings. The Morgan fingerprint density at radius 1 is 1.33 bits per heavy atom. The van der Waals surface area contributed by atoms with Crippen LogP contribution in [0.5, 0.6) is 0 Å². The second-order valence-corrected chi connectivity index (χ2v) is 4.62. The van der Waals surface area contributed by atoms with Crippen molar-refractivity contribution in [2.24, 2.45) is 0 Å². The molecule has 1 unspecified atom stereocenters. The van der Waals surface area contributed by atoms with Crippen molar-refractivity contribution in [2.45, 2.75) is 12.5 Å². The molecular formula is C12H11ClOS. The van der Waals surface area contributed by atoms with Crippen LogP contribution in [0.3, 0.4) is 0 Å². The molecule has 0 aliphatic rings. The zero-order valence-corrected chi connectivity index (χ0v) is 9.63. The largest absolute Gasteiger partial charge is 0.388 e. The Morgan fingerprint density at radius 2 is 2.20 bits per heavy atom. The average molecular weight is 239 g/mol. The normalized spacial score (nSPS) is 12.7. The number of rotatable bonds is 3. The molecule has 1 atom stereocenters. The highest BCUT2D eigenvalue weighted by atomic mass is 35.5. The van der Waals surface area contributed by atoms with Gasteiger partial charge in [-0.1, -0.05) is 23.7 Å². The summed E-state index contributed by atoms with van der Waals surface area (Å²) >= 11 is 7.50. The summed E-state index contributed by atoms with van der Waals surface area (Å²) in [6.07, 6.45) is 0.169. The Morgan fingerprint density at radius 3 is 2.87 bits per heavy atom. The Bertz CT molecular complexity index is 425. The highest BCUT2D eigenvalue weighted by Gasteiger charge is 2.08. The van der Waals surface area contributed by atoms with E-state index in [0.29, 0.717) is 11.4 Å². The monoisotopic (exact) mass is 238 g/mol. The summed E-state index contributed by atoms with van der Waals surface area (Å²) in [5.74, 6) is 0. The fourth-order valence-corrected chi connectivity index (χ4v) is 2.34. The number of halogens is 1. The summed E-state index contributed by atoms with van der Waals surface area (Å²) < 4.78 is 0. The van der Waals surface area contributed by atoms with Crippen LogP contribution >= 0.6 is 22.9 Å². The molecule has 0 aliphatic heterocycles. The second-order valence-electron chi connectivity index (χ2n) is 3.41. The Hall–Kier alpha value is -0.830. The van der Waals surface area contributed by atoms with Crippen molar-refractivity contribution in [3.8, 4) is 0 Å². The lowest BCUT2D eigenvalue weighted by Gasteiger charge is -2.09. The molecule has 0 saturated heterocycles. The first-order valence-electron chi connectivity index (χ1n) is 4.70. The van der Waals surface area contributed by atoms with Gasteiger partial charge in [-0.25, -0.2) is 0 Å². The van der Waals surface area contributed by atoms with Crippen LogP contribution < -0.4 is 0 Å². The third kappa shape index (κ3) is 2.81. The van der Waals surface area contributed by atoms with Crippen LogP contribution in [0.1, 0.15) is 17.2 Å². The highest BCUT2D eigenvalue weighted by molar-refractivity contribution is 7.07. The van der Waals surface area contributed by atoms with Gasteiger partial charge in [0.15, 0.2) is 0 Å². The third-order valence-corrected chi connectivity index (χ3v) is 3.21. The summed E-state index contributed by atoms with van der Waals surface area (Å²) in [6.45, 7) is 0. The first-order valence-corrected chi connectivity index (χ1v) is 6.02. The summed E-state index contributed by atoms with van der Waals surface area (Å²) in [5.41, 5.74) is 2.03. The number of hydrogen-bond donors (Lipinski definition) is 1. The summed E-state index contributed by atoms with van der Waals surface area (Å²) in [7, 11) is 0. The van der Waals surface area contributed by atoms with Gasteiger partial charge >= 0.3 is 0 Å². The molecule has 0 saturated carbocycles. The van der Waals surface area contributed by atoms with Crippen LogP contribution in [0, 0.1) is 0 Å². The summed E-state index contributed by atoms with van der Waals surface area (Å²) in [5, 5.41) is 14.7. The summed E-state index contributed by atoms with van der Waals surface area (Å²) in [4.78, 5) is 0. The molecule has 0 fully saturated rings. The Balaban J connectivity index is 2.11. The van der Waals surface area contributed by atoms with Crippen molar-refractivity contribution in [3.63, 3.8) is 0 Å². The van der Waals surface area contributed by atoms with Gasteiger partial charge in [-0.3, -0.25) is 0 Å². The first-order chi connectivity index (χ1) is 7.25. The van der Waals surface area contributed by atoms with Crippen molar-refractivity contribution in [2.75, 3.05) is 0 Å². The van der Waals surface area contributed by atoms with E-state index in [1.807, 2.05) is 35.0 Å². The van der Waals surface area contributed by atoms with E-state index in [1.54, 1.807) is 17.4 Å². The molecular weight excluding hydrogens is 228 g/mol. The lowest BCUT2D eigenvalue weighted by Crippen LogP contribution is -2.00. The Kier molecular flexibility index (Phi) is 3.41. The van der Waals surface area contributed by atoms with E-state index >= 15 is 0 Å². The molecule has 1 nitrogen and oxygen atoms in total. The molecule has 78 valence electrons. The van der Waals surface area contributed by atoms with Crippen molar-refractivity contribution >= 4 is 22.9 Å². The van der Waals surface area contributed by atoms with Gasteiger partial charge in [0.2, 0.25) is 0 Å². The number of aliphatic hydroxyl groups is 1. The van der Waals surface area contributed by atoms with Crippen molar-refractivity contribution in [3.05, 3.63) is 57.2 Å². The Labute approximate surface area is 98.0 Å². The number of aliphatic hydroxyl groups excluding tert-OH is 1. The van der Waals surface area contributed by atoms with E-state index in [-0.39, 0.29) is 0 Å². The average Bonchev–Trinajstić information content (AvgIpc) is 2.70. The second kappa shape index (κ2) is 4.79. The maximum atomic E-state index is 9.96. The van der Waals surface area contributed by atoms with Gasteiger partial charge in [0.1, 0.15) is 0 Å². The molecule has 15 heavy (non-hydrogen) atoms. The van der Waals surface area contributed by atoms with Crippen LogP contribution in [0.4, 0.5) is 0 Å². The van der Waals surface area contributed by atoms with Gasteiger partial charge in [-0.2, -0.15) is 11.3 Å². The van der Waals surface area contributed by atoms with Gasteiger partial charge in [-0.15, -0.1) is 0 Å². The maximum absolute atomic E-state index is 9.96. The van der Waals surface area contributed by atoms with Crippen LogP contribution in [0.25, 0.3) is 0 Å². The van der Waals surface area contributed by atoms with Gasteiger partial charge in [-0.05, 0) is 40.1 Å². The van der Waals surface area contributed by atoms with Gasteiger partial charge in [0, 0.05) is 11.4 Å². The molecule has 1 heterocycles. The van der Waals surface area contributed by atoms with E-state index in [4.69, 9.17) is 11.6 Å². The minimum Gasteiger partial charge on any atom is -0.388 e. The third-order valence-electron chi connectivity index (χ3n) is 2.24. The fourth-order valence-electron chi connectivity index (χ4n) is 1.46. The standard InChI is InChI=1S/C12H11ClOS/c13-11-3-1-2-10(7-11)12(14)6-9-4-5-15-8-9/h1-5,7-8,12,14H,6H2. The van der Waals surface area contributed by atoms with E-state index in [0.717, 1.165) is 11.1 Å². The zero-order valence-electron chi connectivity index (χ0n) is 8.06. The molecule has 0 aliphatic carbocycles. The molecule has 2 rings (SSSR count). The van der Waals surface area contributed by atoms with Gasteiger partial charge in [0.05, 0.1) is 6.10 Å². The molecule has 1 aromatic carbocycles. The topological polar surface area (TPSA) is 20.2 Å². The van der Waals surface area contributed by atoms with Crippen molar-refractivity contribution < 1.29 is 5.11 Å². The predicted molar refractivity (Wildman–Crippen MR) is 64.4 cm³/mol. The number of thiophene rings is 1. The van der Waals surface area contributed by atoms with Crippen LogP contribution in [0.15, 0.2) is 41.1 Å². The number of benzene rings is 1. The molecule has 1 aromatic heterocycles. The minimum atomic E-state index is -0.474. The smallest absolute Gasteiger partial charge is 0.0831 e. The highest BCUT2D eigenvalue weighted by Crippen LogP contribution is 2.22. The van der Waals surface area contributed by atoms with Gasteiger partial charge in [0.25, 0.3) is 0 Å². The minimum absolute atomic E-state index is 0.474. The molecule has 0 radical (unpaired) electrons. The summed E-state index contributed by atoms with van der Waals surface area (Å²) in [6, 6.07) is 9.39. The SMILES string of the molecule is OC(Cc1ccsc1)c1cccc(Cl)c1. The van der Waals surface area contributed by atoms with Crippen LogP contribution in [0.2, 0.25) is 5.02 Å². The lowest BCUT2D eigenvalue weighted by molar-refractivity contribution is 0.178. The van der Waals surface area contributed by atoms with Crippen LogP contribution in [-0.2, 0) is 6.42 Å². The predicted octanol–water partition coefficient (Wildman–Crippen LogP) is 3.68. The lowest BCUT2D eigenvalue weighted by atomic mass is 10.0. The van der Waals surface area contributed by atoms with E-state index in [2.05, 4.69) is 0 Å². The molecule has 0 amide bonds. The van der Waals surface area contributed by atoms with Crippen LogP contribution in [-0.4, -0.2) is 5.11 Å². The number of hydrogen-bond acceptors (Lipinski definition) is 2. The zero-order chi connectivity index (χ0) is 10.7. The van der Waals surface area contributed by atoms with Gasteiger partial charge < -0.3 is 5.11 Å². The fraction of sp³-hybridized carbons (Fsp3) is 0.167. The van der Waals surface area contributed by atoms with E-state index in [9.17, 15) is 5.11 Å². The molecule has 0 spiro atoms. The first kappa shape index (κ1) is 10.7. The molecule has 3 heteroatoms. The molecule has 0 bridgehead atoms.